The summed E-state index contributed by atoms with van der Waals surface area (Å²) in [5.41, 5.74) is 3.89. The third-order valence-electron chi connectivity index (χ3n) is 8.54. The predicted octanol–water partition coefficient (Wildman–Crippen LogP) is 4.93. The molecule has 0 radical (unpaired) electrons. The maximum absolute atomic E-state index is 15.5. The van der Waals surface area contributed by atoms with Crippen LogP contribution in [0, 0.1) is 28.9 Å². The number of amides is 1. The van der Waals surface area contributed by atoms with Gasteiger partial charge in [-0.3, -0.25) is 4.79 Å². The van der Waals surface area contributed by atoms with Crippen molar-refractivity contribution < 1.29 is 13.6 Å². The first-order valence-corrected chi connectivity index (χ1v) is 15.4. The van der Waals surface area contributed by atoms with Crippen LogP contribution in [0.2, 0.25) is 0 Å². The van der Waals surface area contributed by atoms with Crippen LogP contribution in [0.25, 0.3) is 16.8 Å². The molecule has 0 aliphatic carbocycles. The van der Waals surface area contributed by atoms with Crippen molar-refractivity contribution in [2.45, 2.75) is 26.2 Å². The van der Waals surface area contributed by atoms with E-state index in [1.165, 1.54) is 29.7 Å². The van der Waals surface area contributed by atoms with Gasteiger partial charge in [-0.1, -0.05) is 18.3 Å². The number of nitrogens with zero attached hydrogens (tertiary/aromatic N) is 8. The number of carbonyl (C=O) groups is 1. The molecule has 5 heterocycles. The molecule has 2 saturated heterocycles. The van der Waals surface area contributed by atoms with Gasteiger partial charge in [0.25, 0.3) is 0 Å². The SMILES string of the molecule is CCc1nn2cc(F)c(N3CCN(C(=O)C4CCN(C)CC4)CC3)cc2c1N(C)c1nc(-c2ccc(F)cc2)c(C#N)s1. The Morgan fingerprint density at radius 3 is 2.47 bits per heavy atom. The van der Waals surface area contributed by atoms with E-state index in [9.17, 15) is 14.4 Å². The number of pyridine rings is 1. The van der Waals surface area contributed by atoms with E-state index >= 15 is 4.39 Å². The first kappa shape index (κ1) is 29.0. The molecule has 0 atom stereocenters. The van der Waals surface area contributed by atoms with Crippen molar-refractivity contribution in [1.29, 1.82) is 5.26 Å². The number of hydrogen-bond donors (Lipinski definition) is 0. The van der Waals surface area contributed by atoms with E-state index < -0.39 is 0 Å². The first-order chi connectivity index (χ1) is 20.8. The molecule has 2 aliphatic heterocycles. The van der Waals surface area contributed by atoms with Gasteiger partial charge < -0.3 is 19.6 Å². The Kier molecular flexibility index (Phi) is 8.03. The summed E-state index contributed by atoms with van der Waals surface area (Å²) >= 11 is 1.24. The number of hydrogen-bond acceptors (Lipinski definition) is 8. The summed E-state index contributed by atoms with van der Waals surface area (Å²) in [5, 5.41) is 15.1. The number of rotatable bonds is 6. The van der Waals surface area contributed by atoms with Crippen LogP contribution in [-0.2, 0) is 11.2 Å². The molecular weight excluding hydrogens is 570 g/mol. The monoisotopic (exact) mass is 604 g/mol. The van der Waals surface area contributed by atoms with Gasteiger partial charge in [0.1, 0.15) is 22.5 Å². The number of carbonyl (C=O) groups excluding carboxylic acids is 1. The fraction of sp³-hybridized carbons (Fsp3) is 0.419. The molecule has 0 N–H and O–H groups in total. The number of aryl methyl sites for hydroxylation is 1. The first-order valence-electron chi connectivity index (χ1n) is 14.6. The zero-order valence-electron chi connectivity index (χ0n) is 24.6. The Bertz CT molecular complexity index is 1680. The van der Waals surface area contributed by atoms with Crippen molar-refractivity contribution in [1.82, 2.24) is 24.4 Å². The lowest BCUT2D eigenvalue weighted by Gasteiger charge is -2.39. The number of aromatic nitrogens is 3. The molecule has 6 rings (SSSR count). The largest absolute Gasteiger partial charge is 0.366 e. The van der Waals surface area contributed by atoms with Crippen molar-refractivity contribution in [3.05, 3.63) is 58.7 Å². The second kappa shape index (κ2) is 11.9. The minimum Gasteiger partial charge on any atom is -0.366 e. The van der Waals surface area contributed by atoms with Crippen LogP contribution in [0.15, 0.2) is 36.5 Å². The standard InChI is InChI=1S/C31H34F2N8OS/c1-4-24-29(38(3)31-35-28(27(18-34)43-31)20-5-7-22(32)8-6-20)26-17-25(23(33)19-41(26)36-24)39-13-15-40(16-14-39)30(42)21-9-11-37(2)12-10-21/h5-8,17,19,21H,4,9-16H2,1-3H3. The van der Waals surface area contributed by atoms with E-state index in [0.29, 0.717) is 59.6 Å². The fourth-order valence-corrected chi connectivity index (χ4v) is 6.90. The number of anilines is 3. The Morgan fingerprint density at radius 2 is 1.81 bits per heavy atom. The maximum Gasteiger partial charge on any atom is 0.225 e. The van der Waals surface area contributed by atoms with E-state index in [1.807, 2.05) is 34.7 Å². The van der Waals surface area contributed by atoms with Gasteiger partial charge in [0.15, 0.2) is 10.9 Å². The van der Waals surface area contributed by atoms with Crippen LogP contribution in [0.3, 0.4) is 0 Å². The lowest BCUT2D eigenvalue weighted by atomic mass is 9.95. The van der Waals surface area contributed by atoms with Gasteiger partial charge in [-0.25, -0.2) is 18.3 Å². The molecule has 43 heavy (non-hydrogen) atoms. The second-order valence-corrected chi connectivity index (χ2v) is 12.2. The molecule has 1 amide bonds. The Morgan fingerprint density at radius 1 is 1.12 bits per heavy atom. The number of nitriles is 1. The number of fused-ring (bicyclic) bond motifs is 1. The van der Waals surface area contributed by atoms with E-state index in [-0.39, 0.29) is 23.5 Å². The van der Waals surface area contributed by atoms with E-state index in [0.717, 1.165) is 42.8 Å². The van der Waals surface area contributed by atoms with Gasteiger partial charge >= 0.3 is 0 Å². The minimum absolute atomic E-state index is 0.0733. The van der Waals surface area contributed by atoms with Gasteiger partial charge in [0.2, 0.25) is 5.91 Å². The number of piperidine rings is 1. The number of thiazole rings is 1. The Hall–Kier alpha value is -4.08. The average Bonchev–Trinajstić information content (AvgIpc) is 3.62. The highest BCUT2D eigenvalue weighted by molar-refractivity contribution is 7.16. The van der Waals surface area contributed by atoms with Crippen LogP contribution in [-0.4, -0.2) is 83.7 Å². The summed E-state index contributed by atoms with van der Waals surface area (Å²) in [7, 11) is 3.95. The molecule has 4 aromatic rings. The van der Waals surface area contributed by atoms with Crippen LogP contribution in [0.4, 0.5) is 25.3 Å². The zero-order valence-corrected chi connectivity index (χ0v) is 25.4. The normalized spacial score (nSPS) is 16.6. The Labute approximate surface area is 253 Å². The van der Waals surface area contributed by atoms with Crippen LogP contribution >= 0.6 is 11.3 Å². The van der Waals surface area contributed by atoms with Gasteiger partial charge in [-0.05, 0) is 69.7 Å². The second-order valence-electron chi connectivity index (χ2n) is 11.2. The van der Waals surface area contributed by atoms with E-state index in [1.54, 1.807) is 16.6 Å². The summed E-state index contributed by atoms with van der Waals surface area (Å²) < 4.78 is 30.6. The van der Waals surface area contributed by atoms with Crippen molar-refractivity contribution >= 4 is 39.3 Å². The lowest BCUT2D eigenvalue weighted by Crippen LogP contribution is -2.51. The molecule has 0 spiro atoms. The maximum atomic E-state index is 15.5. The number of halogens is 2. The third kappa shape index (κ3) is 5.55. The molecule has 2 fully saturated rings. The molecule has 9 nitrogen and oxygen atoms in total. The average molecular weight is 605 g/mol. The summed E-state index contributed by atoms with van der Waals surface area (Å²) in [6, 6.07) is 9.95. The van der Waals surface area contributed by atoms with E-state index in [2.05, 4.69) is 23.1 Å². The number of likely N-dealkylation sites (tertiary alicyclic amines) is 1. The molecule has 0 saturated carbocycles. The molecule has 224 valence electrons. The van der Waals surface area contributed by atoms with Crippen molar-refractivity contribution in [2.75, 3.05) is 63.2 Å². The Balaban J connectivity index is 1.27. The van der Waals surface area contributed by atoms with Crippen LogP contribution < -0.4 is 9.80 Å². The summed E-state index contributed by atoms with van der Waals surface area (Å²) in [5.74, 6) is -0.441. The van der Waals surface area contributed by atoms with Crippen molar-refractivity contribution in [3.8, 4) is 17.3 Å². The van der Waals surface area contributed by atoms with Crippen molar-refractivity contribution in [3.63, 3.8) is 0 Å². The molecule has 0 bridgehead atoms. The van der Waals surface area contributed by atoms with Crippen molar-refractivity contribution in [2.24, 2.45) is 5.92 Å². The number of benzene rings is 1. The fourth-order valence-electron chi connectivity index (χ4n) is 6.05. The van der Waals surface area contributed by atoms with Gasteiger partial charge in [0, 0.05) is 44.7 Å². The van der Waals surface area contributed by atoms with Gasteiger partial charge in [-0.15, -0.1) is 0 Å². The molecule has 1 aromatic carbocycles. The highest BCUT2D eigenvalue weighted by atomic mass is 32.1. The molecule has 3 aromatic heterocycles. The minimum atomic E-state index is -0.374. The molecular formula is C31H34F2N8OS. The highest BCUT2D eigenvalue weighted by Gasteiger charge is 2.31. The third-order valence-corrected chi connectivity index (χ3v) is 9.57. The van der Waals surface area contributed by atoms with Crippen LogP contribution in [0.5, 0.6) is 0 Å². The van der Waals surface area contributed by atoms with Gasteiger partial charge in [0.05, 0.1) is 28.8 Å². The summed E-state index contributed by atoms with van der Waals surface area (Å²) in [6.45, 7) is 6.08. The molecule has 12 heteroatoms. The highest BCUT2D eigenvalue weighted by Crippen LogP contribution is 2.39. The zero-order chi connectivity index (χ0) is 30.2. The lowest BCUT2D eigenvalue weighted by molar-refractivity contribution is -0.137. The summed E-state index contributed by atoms with van der Waals surface area (Å²) in [6.07, 6.45) is 3.79. The number of piperazine rings is 1. The molecule has 2 aliphatic rings. The predicted molar refractivity (Wildman–Crippen MR) is 164 cm³/mol. The van der Waals surface area contributed by atoms with Gasteiger partial charge in [-0.2, -0.15) is 10.4 Å². The molecule has 0 unspecified atom stereocenters. The van der Waals surface area contributed by atoms with Crippen LogP contribution in [0.1, 0.15) is 30.3 Å². The smallest absolute Gasteiger partial charge is 0.225 e. The van der Waals surface area contributed by atoms with E-state index in [4.69, 9.17) is 4.98 Å². The topological polar surface area (TPSA) is 84.0 Å². The quantitative estimate of drug-likeness (QED) is 0.309. The summed E-state index contributed by atoms with van der Waals surface area (Å²) in [4.78, 5) is 26.4.